The molecule has 0 aromatic heterocycles. The lowest BCUT2D eigenvalue weighted by Gasteiger charge is -2.11. The molecule has 19 heavy (non-hydrogen) atoms. The molecule has 0 heterocycles. The number of carbonyl (C=O) groups is 1. The number of carbonyl (C=O) groups excluding carboxylic acids is 1. The Morgan fingerprint density at radius 1 is 1.05 bits per heavy atom. The third kappa shape index (κ3) is 2.87. The van der Waals surface area contributed by atoms with Crippen LogP contribution in [0.1, 0.15) is 30.6 Å². The van der Waals surface area contributed by atoms with Crippen LogP contribution in [0.5, 0.6) is 5.75 Å². The standard InChI is InChI=1S/C16H18O3/c1-3-11-19-15-10-9-14(16(17)18-4-2)12-7-5-6-8-13(12)15/h5-10H,3-4,11H2,1-2H3. The minimum atomic E-state index is -0.291. The van der Waals surface area contributed by atoms with E-state index in [1.54, 1.807) is 13.0 Å². The molecule has 0 aliphatic carbocycles. The van der Waals surface area contributed by atoms with Crippen LogP contribution in [0.3, 0.4) is 0 Å². The average molecular weight is 258 g/mol. The molecule has 0 unspecified atom stereocenters. The van der Waals surface area contributed by atoms with E-state index in [4.69, 9.17) is 9.47 Å². The van der Waals surface area contributed by atoms with Gasteiger partial charge in [0.05, 0.1) is 18.8 Å². The molecule has 0 bridgehead atoms. The first kappa shape index (κ1) is 13.4. The molecule has 0 spiro atoms. The summed E-state index contributed by atoms with van der Waals surface area (Å²) in [6.45, 7) is 4.91. The van der Waals surface area contributed by atoms with Crippen molar-refractivity contribution in [3.8, 4) is 5.75 Å². The van der Waals surface area contributed by atoms with Crippen LogP contribution in [0.2, 0.25) is 0 Å². The molecule has 3 nitrogen and oxygen atoms in total. The van der Waals surface area contributed by atoms with E-state index in [2.05, 4.69) is 6.92 Å². The van der Waals surface area contributed by atoms with Crippen molar-refractivity contribution in [2.24, 2.45) is 0 Å². The maximum Gasteiger partial charge on any atom is 0.338 e. The van der Waals surface area contributed by atoms with E-state index in [0.29, 0.717) is 18.8 Å². The molecule has 0 fully saturated rings. The Bertz CT molecular complexity index is 575. The molecule has 0 aliphatic heterocycles. The lowest BCUT2D eigenvalue weighted by molar-refractivity contribution is 0.0528. The number of esters is 1. The molecule has 100 valence electrons. The smallest absolute Gasteiger partial charge is 0.338 e. The van der Waals surface area contributed by atoms with Crippen molar-refractivity contribution in [3.05, 3.63) is 42.0 Å². The van der Waals surface area contributed by atoms with Crippen molar-refractivity contribution in [2.45, 2.75) is 20.3 Å². The van der Waals surface area contributed by atoms with Gasteiger partial charge in [-0.2, -0.15) is 0 Å². The molecule has 2 rings (SSSR count). The largest absolute Gasteiger partial charge is 0.493 e. The highest BCUT2D eigenvalue weighted by molar-refractivity contribution is 6.06. The van der Waals surface area contributed by atoms with Crippen molar-refractivity contribution in [1.29, 1.82) is 0 Å². The van der Waals surface area contributed by atoms with Gasteiger partial charge < -0.3 is 9.47 Å². The van der Waals surface area contributed by atoms with Crippen molar-refractivity contribution < 1.29 is 14.3 Å². The maximum absolute atomic E-state index is 11.9. The Balaban J connectivity index is 2.48. The predicted molar refractivity (Wildman–Crippen MR) is 75.7 cm³/mol. The number of hydrogen-bond donors (Lipinski definition) is 0. The predicted octanol–water partition coefficient (Wildman–Crippen LogP) is 3.81. The fraction of sp³-hybridized carbons (Fsp3) is 0.312. The van der Waals surface area contributed by atoms with Crippen LogP contribution < -0.4 is 4.74 Å². The highest BCUT2D eigenvalue weighted by Crippen LogP contribution is 2.29. The first-order chi connectivity index (χ1) is 9.27. The van der Waals surface area contributed by atoms with E-state index in [0.717, 1.165) is 22.9 Å². The molecule has 0 radical (unpaired) electrons. The molecule has 0 saturated carbocycles. The van der Waals surface area contributed by atoms with Gasteiger partial charge in [0.25, 0.3) is 0 Å². The van der Waals surface area contributed by atoms with Gasteiger partial charge in [0.1, 0.15) is 5.75 Å². The lowest BCUT2D eigenvalue weighted by Crippen LogP contribution is -2.06. The second-order valence-electron chi connectivity index (χ2n) is 4.23. The number of ether oxygens (including phenoxy) is 2. The van der Waals surface area contributed by atoms with E-state index in [9.17, 15) is 4.79 Å². The van der Waals surface area contributed by atoms with Crippen molar-refractivity contribution in [2.75, 3.05) is 13.2 Å². The van der Waals surface area contributed by atoms with Crippen LogP contribution in [-0.2, 0) is 4.74 Å². The van der Waals surface area contributed by atoms with Crippen LogP contribution in [-0.4, -0.2) is 19.2 Å². The molecule has 0 atom stereocenters. The molecule has 3 heteroatoms. The number of fused-ring (bicyclic) bond motifs is 1. The zero-order chi connectivity index (χ0) is 13.7. The van der Waals surface area contributed by atoms with Gasteiger partial charge in [-0.05, 0) is 30.9 Å². The van der Waals surface area contributed by atoms with E-state index < -0.39 is 0 Å². The van der Waals surface area contributed by atoms with E-state index in [-0.39, 0.29) is 5.97 Å². The lowest BCUT2D eigenvalue weighted by atomic mass is 10.0. The topological polar surface area (TPSA) is 35.5 Å². The molecule has 2 aromatic carbocycles. The van der Waals surface area contributed by atoms with Crippen LogP contribution in [0.15, 0.2) is 36.4 Å². The van der Waals surface area contributed by atoms with Crippen molar-refractivity contribution in [1.82, 2.24) is 0 Å². The summed E-state index contributed by atoms with van der Waals surface area (Å²) in [6, 6.07) is 11.3. The first-order valence-corrected chi connectivity index (χ1v) is 6.59. The van der Waals surface area contributed by atoms with Crippen LogP contribution in [0.4, 0.5) is 0 Å². The maximum atomic E-state index is 11.9. The van der Waals surface area contributed by atoms with Crippen LogP contribution >= 0.6 is 0 Å². The summed E-state index contributed by atoms with van der Waals surface area (Å²) in [5.41, 5.74) is 0.585. The summed E-state index contributed by atoms with van der Waals surface area (Å²) in [5, 5.41) is 1.82. The third-order valence-corrected chi connectivity index (χ3v) is 2.84. The van der Waals surface area contributed by atoms with Gasteiger partial charge in [-0.15, -0.1) is 0 Å². The zero-order valence-corrected chi connectivity index (χ0v) is 11.3. The monoisotopic (exact) mass is 258 g/mol. The SMILES string of the molecule is CCCOc1ccc(C(=O)OCC)c2ccccc12. The highest BCUT2D eigenvalue weighted by Gasteiger charge is 2.13. The molecule has 0 saturated heterocycles. The summed E-state index contributed by atoms with van der Waals surface area (Å²) >= 11 is 0. The van der Waals surface area contributed by atoms with Gasteiger partial charge in [-0.1, -0.05) is 31.2 Å². The Morgan fingerprint density at radius 3 is 2.47 bits per heavy atom. The van der Waals surface area contributed by atoms with Gasteiger partial charge in [-0.25, -0.2) is 4.79 Å². The quantitative estimate of drug-likeness (QED) is 0.765. The molecular weight excluding hydrogens is 240 g/mol. The first-order valence-electron chi connectivity index (χ1n) is 6.59. The summed E-state index contributed by atoms with van der Waals surface area (Å²) in [7, 11) is 0. The number of hydrogen-bond acceptors (Lipinski definition) is 3. The summed E-state index contributed by atoms with van der Waals surface area (Å²) in [6.07, 6.45) is 0.952. The van der Waals surface area contributed by atoms with E-state index in [1.807, 2.05) is 30.3 Å². The highest BCUT2D eigenvalue weighted by atomic mass is 16.5. The average Bonchev–Trinajstić information content (AvgIpc) is 2.45. The summed E-state index contributed by atoms with van der Waals surface area (Å²) in [5.74, 6) is 0.520. The molecule has 0 amide bonds. The van der Waals surface area contributed by atoms with Gasteiger partial charge in [-0.3, -0.25) is 0 Å². The van der Waals surface area contributed by atoms with Gasteiger partial charge >= 0.3 is 5.97 Å². The fourth-order valence-corrected chi connectivity index (χ4v) is 2.00. The van der Waals surface area contributed by atoms with Crippen molar-refractivity contribution >= 4 is 16.7 Å². The Morgan fingerprint density at radius 2 is 1.79 bits per heavy atom. The second-order valence-corrected chi connectivity index (χ2v) is 4.23. The molecule has 2 aromatic rings. The zero-order valence-electron chi connectivity index (χ0n) is 11.3. The number of rotatable bonds is 5. The minimum Gasteiger partial charge on any atom is -0.493 e. The normalized spacial score (nSPS) is 10.4. The second kappa shape index (κ2) is 6.23. The molecular formula is C16H18O3. The molecule has 0 aliphatic rings. The van der Waals surface area contributed by atoms with E-state index in [1.165, 1.54) is 0 Å². The Hall–Kier alpha value is -2.03. The van der Waals surface area contributed by atoms with Crippen LogP contribution in [0, 0.1) is 0 Å². The van der Waals surface area contributed by atoms with Crippen LogP contribution in [0.25, 0.3) is 10.8 Å². The minimum absolute atomic E-state index is 0.291. The number of benzene rings is 2. The summed E-state index contributed by atoms with van der Waals surface area (Å²) in [4.78, 5) is 11.9. The van der Waals surface area contributed by atoms with Gasteiger partial charge in [0, 0.05) is 5.39 Å². The fourth-order valence-electron chi connectivity index (χ4n) is 2.00. The van der Waals surface area contributed by atoms with E-state index >= 15 is 0 Å². The summed E-state index contributed by atoms with van der Waals surface area (Å²) < 4.78 is 10.8. The Labute approximate surface area is 113 Å². The van der Waals surface area contributed by atoms with Crippen molar-refractivity contribution in [3.63, 3.8) is 0 Å². The van der Waals surface area contributed by atoms with Gasteiger partial charge in [0.2, 0.25) is 0 Å². The molecule has 0 N–H and O–H groups in total. The third-order valence-electron chi connectivity index (χ3n) is 2.84. The van der Waals surface area contributed by atoms with Gasteiger partial charge in [0.15, 0.2) is 0 Å². The Kier molecular flexibility index (Phi) is 4.39.